The summed E-state index contributed by atoms with van der Waals surface area (Å²) in [6.07, 6.45) is 3.92. The lowest BCUT2D eigenvalue weighted by molar-refractivity contribution is 0.143. The SMILES string of the molecule is CC=N/C=C(\C)CCNC(=O)OCC1c2ccccc2-c2ccccc21. The first kappa shape index (κ1) is 17.9. The summed E-state index contributed by atoms with van der Waals surface area (Å²) in [5.41, 5.74) is 6.01. The van der Waals surface area contributed by atoms with Crippen LogP contribution in [0.1, 0.15) is 37.3 Å². The van der Waals surface area contributed by atoms with Crippen LogP contribution >= 0.6 is 0 Å². The van der Waals surface area contributed by atoms with Gasteiger partial charge in [-0.1, -0.05) is 54.1 Å². The smallest absolute Gasteiger partial charge is 0.407 e. The fourth-order valence-electron chi connectivity index (χ4n) is 3.28. The summed E-state index contributed by atoms with van der Waals surface area (Å²) < 4.78 is 5.50. The van der Waals surface area contributed by atoms with Gasteiger partial charge in [0, 0.05) is 24.9 Å². The molecule has 0 bridgehead atoms. The number of alkyl carbamates (subject to hydrolysis) is 1. The number of nitrogens with one attached hydrogen (secondary N) is 1. The third-order valence-corrected chi connectivity index (χ3v) is 4.58. The summed E-state index contributed by atoms with van der Waals surface area (Å²) in [6.45, 7) is 4.75. The monoisotopic (exact) mass is 348 g/mol. The zero-order chi connectivity index (χ0) is 18.4. The number of ether oxygens (including phenoxy) is 1. The summed E-state index contributed by atoms with van der Waals surface area (Å²) in [5.74, 6) is 0.0914. The van der Waals surface area contributed by atoms with Gasteiger partial charge in [0.1, 0.15) is 6.61 Å². The van der Waals surface area contributed by atoms with Crippen molar-refractivity contribution in [2.24, 2.45) is 4.99 Å². The quantitative estimate of drug-likeness (QED) is 0.754. The second-order valence-corrected chi connectivity index (χ2v) is 6.39. The number of hydrogen-bond acceptors (Lipinski definition) is 3. The van der Waals surface area contributed by atoms with E-state index in [0.717, 1.165) is 12.0 Å². The fourth-order valence-corrected chi connectivity index (χ4v) is 3.28. The van der Waals surface area contributed by atoms with Gasteiger partial charge in [0.2, 0.25) is 0 Å². The Labute approximate surface area is 154 Å². The highest BCUT2D eigenvalue weighted by atomic mass is 16.5. The van der Waals surface area contributed by atoms with Crippen LogP contribution in [0.15, 0.2) is 65.3 Å². The van der Waals surface area contributed by atoms with E-state index in [1.54, 1.807) is 12.4 Å². The van der Waals surface area contributed by atoms with E-state index in [1.807, 2.05) is 38.1 Å². The van der Waals surface area contributed by atoms with Crippen molar-refractivity contribution >= 4 is 12.3 Å². The maximum Gasteiger partial charge on any atom is 0.407 e. The highest BCUT2D eigenvalue weighted by Gasteiger charge is 2.28. The van der Waals surface area contributed by atoms with Crippen molar-refractivity contribution in [3.63, 3.8) is 0 Å². The van der Waals surface area contributed by atoms with Crippen molar-refractivity contribution in [1.29, 1.82) is 0 Å². The minimum atomic E-state index is -0.376. The Morgan fingerprint density at radius 1 is 1.12 bits per heavy atom. The molecule has 26 heavy (non-hydrogen) atoms. The normalized spacial score (nSPS) is 13.5. The van der Waals surface area contributed by atoms with Crippen LogP contribution in [0, 0.1) is 0 Å². The second kappa shape index (κ2) is 8.48. The molecule has 1 N–H and O–H groups in total. The van der Waals surface area contributed by atoms with Crippen LogP contribution in [0.5, 0.6) is 0 Å². The minimum absolute atomic E-state index is 0.0914. The van der Waals surface area contributed by atoms with Gasteiger partial charge in [-0.05, 0) is 42.5 Å². The molecule has 0 spiro atoms. The average molecular weight is 348 g/mol. The topological polar surface area (TPSA) is 50.7 Å². The van der Waals surface area contributed by atoms with Gasteiger partial charge in [-0.2, -0.15) is 0 Å². The Balaban J connectivity index is 1.57. The van der Waals surface area contributed by atoms with Gasteiger partial charge in [0.15, 0.2) is 0 Å². The van der Waals surface area contributed by atoms with Crippen molar-refractivity contribution in [2.45, 2.75) is 26.2 Å². The highest BCUT2D eigenvalue weighted by molar-refractivity contribution is 5.79. The Kier molecular flexibility index (Phi) is 5.84. The van der Waals surface area contributed by atoms with E-state index < -0.39 is 0 Å². The highest BCUT2D eigenvalue weighted by Crippen LogP contribution is 2.44. The maximum absolute atomic E-state index is 12.0. The van der Waals surface area contributed by atoms with E-state index in [9.17, 15) is 4.79 Å². The molecular weight excluding hydrogens is 324 g/mol. The van der Waals surface area contributed by atoms with E-state index in [-0.39, 0.29) is 12.0 Å². The number of amides is 1. The van der Waals surface area contributed by atoms with Crippen LogP contribution in [0.2, 0.25) is 0 Å². The first-order valence-corrected chi connectivity index (χ1v) is 8.93. The molecule has 0 heterocycles. The molecule has 0 radical (unpaired) electrons. The number of benzene rings is 2. The van der Waals surface area contributed by atoms with Crippen LogP contribution in [-0.2, 0) is 4.74 Å². The van der Waals surface area contributed by atoms with Gasteiger partial charge < -0.3 is 10.1 Å². The Morgan fingerprint density at radius 2 is 1.73 bits per heavy atom. The van der Waals surface area contributed by atoms with Gasteiger partial charge in [0.25, 0.3) is 0 Å². The molecule has 4 nitrogen and oxygen atoms in total. The molecule has 3 rings (SSSR count). The summed E-state index contributed by atoms with van der Waals surface area (Å²) in [4.78, 5) is 16.1. The third kappa shape index (κ3) is 4.02. The number of nitrogens with zero attached hydrogens (tertiary/aromatic N) is 1. The molecule has 1 amide bonds. The zero-order valence-electron chi connectivity index (χ0n) is 15.2. The van der Waals surface area contributed by atoms with Crippen molar-refractivity contribution in [3.8, 4) is 11.1 Å². The molecule has 2 aromatic rings. The summed E-state index contributed by atoms with van der Waals surface area (Å²) >= 11 is 0. The second-order valence-electron chi connectivity index (χ2n) is 6.39. The standard InChI is InChI=1S/C22H24N2O2/c1-3-23-14-16(2)12-13-24-22(25)26-15-21-19-10-6-4-8-17(19)18-9-5-7-11-20(18)21/h3-11,14,21H,12-13,15H2,1-2H3,(H,24,25)/b16-14+,23-3?. The van der Waals surface area contributed by atoms with E-state index in [1.165, 1.54) is 22.3 Å². The molecule has 0 aromatic heterocycles. The summed E-state index contributed by atoms with van der Waals surface area (Å²) in [7, 11) is 0. The average Bonchev–Trinajstić information content (AvgIpc) is 2.99. The maximum atomic E-state index is 12.0. The lowest BCUT2D eigenvalue weighted by Gasteiger charge is -2.14. The number of rotatable bonds is 6. The Hall–Kier alpha value is -2.88. The molecule has 0 saturated carbocycles. The summed E-state index contributed by atoms with van der Waals surface area (Å²) in [6, 6.07) is 16.6. The lowest BCUT2D eigenvalue weighted by Crippen LogP contribution is -2.27. The largest absolute Gasteiger partial charge is 0.449 e. The van der Waals surface area contributed by atoms with Crippen molar-refractivity contribution < 1.29 is 9.53 Å². The fraction of sp³-hybridized carbons (Fsp3) is 0.273. The van der Waals surface area contributed by atoms with Crippen LogP contribution in [0.25, 0.3) is 11.1 Å². The molecule has 4 heteroatoms. The molecule has 0 saturated heterocycles. The summed E-state index contributed by atoms with van der Waals surface area (Å²) in [5, 5.41) is 2.81. The Bertz CT molecular complexity index is 794. The lowest BCUT2D eigenvalue weighted by atomic mass is 9.98. The van der Waals surface area contributed by atoms with Crippen molar-refractivity contribution in [3.05, 3.63) is 71.4 Å². The molecular formula is C22H24N2O2. The molecule has 0 fully saturated rings. The predicted octanol–water partition coefficient (Wildman–Crippen LogP) is 4.91. The Morgan fingerprint density at radius 3 is 2.35 bits per heavy atom. The molecule has 1 aliphatic carbocycles. The van der Waals surface area contributed by atoms with Gasteiger partial charge >= 0.3 is 6.09 Å². The number of carbonyl (C=O) groups excluding carboxylic acids is 1. The minimum Gasteiger partial charge on any atom is -0.449 e. The molecule has 2 aromatic carbocycles. The van der Waals surface area contributed by atoms with E-state index in [4.69, 9.17) is 4.74 Å². The van der Waals surface area contributed by atoms with Gasteiger partial charge in [-0.15, -0.1) is 0 Å². The van der Waals surface area contributed by atoms with E-state index in [0.29, 0.717) is 13.2 Å². The number of hydrogen-bond donors (Lipinski definition) is 1. The zero-order valence-corrected chi connectivity index (χ0v) is 15.2. The van der Waals surface area contributed by atoms with Crippen LogP contribution < -0.4 is 5.32 Å². The number of carbonyl (C=O) groups is 1. The van der Waals surface area contributed by atoms with Crippen molar-refractivity contribution in [2.75, 3.05) is 13.2 Å². The van der Waals surface area contributed by atoms with Gasteiger partial charge in [0.05, 0.1) is 0 Å². The van der Waals surface area contributed by atoms with Crippen molar-refractivity contribution in [1.82, 2.24) is 5.32 Å². The molecule has 0 aliphatic heterocycles. The van der Waals surface area contributed by atoms with E-state index >= 15 is 0 Å². The van der Waals surface area contributed by atoms with Crippen LogP contribution in [-0.4, -0.2) is 25.5 Å². The molecule has 1 aliphatic rings. The van der Waals surface area contributed by atoms with Gasteiger partial charge in [-0.3, -0.25) is 4.99 Å². The number of aliphatic imine (C=N–C) groups is 1. The molecule has 0 atom stereocenters. The third-order valence-electron chi connectivity index (χ3n) is 4.58. The van der Waals surface area contributed by atoms with Gasteiger partial charge in [-0.25, -0.2) is 4.79 Å². The number of fused-ring (bicyclic) bond motifs is 3. The molecule has 134 valence electrons. The van der Waals surface area contributed by atoms with Crippen LogP contribution in [0.4, 0.5) is 4.79 Å². The van der Waals surface area contributed by atoms with Crippen LogP contribution in [0.3, 0.4) is 0 Å². The van der Waals surface area contributed by atoms with E-state index in [2.05, 4.69) is 34.6 Å². The molecule has 0 unspecified atom stereocenters. The first-order chi connectivity index (χ1) is 12.7. The first-order valence-electron chi connectivity index (χ1n) is 8.93. The predicted molar refractivity (Wildman–Crippen MR) is 106 cm³/mol.